The lowest BCUT2D eigenvalue weighted by molar-refractivity contribution is 0.103. The Hall–Kier alpha value is -2.75. The van der Waals surface area contributed by atoms with E-state index in [2.05, 4.69) is 39.4 Å². The van der Waals surface area contributed by atoms with Crippen molar-refractivity contribution < 1.29 is 4.79 Å². The Labute approximate surface area is 177 Å². The van der Waals surface area contributed by atoms with Crippen LogP contribution in [0.5, 0.6) is 0 Å². The van der Waals surface area contributed by atoms with E-state index in [0.29, 0.717) is 34.7 Å². The van der Waals surface area contributed by atoms with Crippen molar-refractivity contribution in [1.82, 2.24) is 25.0 Å². The maximum Gasteiger partial charge on any atom is 0.265 e. The molecule has 10 heteroatoms. The number of aromatic nitrogens is 5. The van der Waals surface area contributed by atoms with Gasteiger partial charge in [-0.3, -0.25) is 14.6 Å². The van der Waals surface area contributed by atoms with Crippen LogP contribution < -0.4 is 11.1 Å². The van der Waals surface area contributed by atoms with Crippen molar-refractivity contribution in [3.8, 4) is 11.4 Å². The molecule has 0 radical (unpaired) electrons. The van der Waals surface area contributed by atoms with Gasteiger partial charge in [-0.15, -0.1) is 23.7 Å². The SMILES string of the molecule is CC(C)c1nn(C)c2sc(C(=O)Nc3ccc(-c4n[nH]c(CN)n4)cc3)cc12.Cl. The monoisotopic (exact) mass is 431 g/mol. The van der Waals surface area contributed by atoms with Gasteiger partial charge in [0.05, 0.1) is 17.1 Å². The highest BCUT2D eigenvalue weighted by Crippen LogP contribution is 2.32. The van der Waals surface area contributed by atoms with E-state index in [9.17, 15) is 4.79 Å². The molecule has 8 nitrogen and oxygen atoms in total. The van der Waals surface area contributed by atoms with Gasteiger partial charge in [0.2, 0.25) is 0 Å². The van der Waals surface area contributed by atoms with Gasteiger partial charge in [0, 0.05) is 23.7 Å². The first-order valence-corrected chi connectivity index (χ1v) is 9.77. The highest BCUT2D eigenvalue weighted by molar-refractivity contribution is 7.20. The van der Waals surface area contributed by atoms with Crippen LogP contribution in [-0.2, 0) is 13.6 Å². The van der Waals surface area contributed by atoms with Gasteiger partial charge in [0.15, 0.2) is 5.82 Å². The third-order valence-corrected chi connectivity index (χ3v) is 5.64. The van der Waals surface area contributed by atoms with Gasteiger partial charge >= 0.3 is 0 Å². The zero-order valence-electron chi connectivity index (χ0n) is 16.3. The molecule has 3 aromatic heterocycles. The Kier molecular flexibility index (Phi) is 6.02. The normalized spacial score (nSPS) is 11.1. The standard InChI is InChI=1S/C19H21N7OS.ClH/c1-10(2)16-13-8-14(28-19(13)26(3)25-16)18(27)21-12-6-4-11(5-7-12)17-22-15(9-20)23-24-17;/h4-8,10H,9,20H2,1-3H3,(H,21,27)(H,22,23,24);1H. The van der Waals surface area contributed by atoms with Crippen molar-refractivity contribution in [3.63, 3.8) is 0 Å². The number of hydrogen-bond donors (Lipinski definition) is 3. The number of anilines is 1. The molecule has 0 bridgehead atoms. The van der Waals surface area contributed by atoms with Gasteiger partial charge in [-0.1, -0.05) is 13.8 Å². The number of rotatable bonds is 5. The Balaban J connectivity index is 0.00000240. The Morgan fingerprint density at radius 1 is 1.31 bits per heavy atom. The number of nitrogens with one attached hydrogen (secondary N) is 2. The van der Waals surface area contributed by atoms with E-state index < -0.39 is 0 Å². The number of carbonyl (C=O) groups excluding carboxylic acids is 1. The van der Waals surface area contributed by atoms with Gasteiger partial charge in [-0.05, 0) is 36.2 Å². The van der Waals surface area contributed by atoms with Gasteiger partial charge in [-0.25, -0.2) is 4.98 Å². The molecule has 1 amide bonds. The summed E-state index contributed by atoms with van der Waals surface area (Å²) in [6, 6.07) is 9.32. The average molecular weight is 432 g/mol. The van der Waals surface area contributed by atoms with Crippen LogP contribution in [0, 0.1) is 0 Å². The first-order valence-electron chi connectivity index (χ1n) is 8.96. The molecule has 0 aliphatic heterocycles. The molecule has 0 aliphatic carbocycles. The van der Waals surface area contributed by atoms with E-state index in [4.69, 9.17) is 5.73 Å². The van der Waals surface area contributed by atoms with E-state index in [1.807, 2.05) is 42.1 Å². The third kappa shape index (κ3) is 4.02. The number of nitrogens with two attached hydrogens (primary N) is 1. The highest BCUT2D eigenvalue weighted by atomic mass is 35.5. The predicted octanol–water partition coefficient (Wildman–Crippen LogP) is 3.68. The van der Waals surface area contributed by atoms with Crippen molar-refractivity contribution in [2.24, 2.45) is 12.8 Å². The number of aryl methyl sites for hydroxylation is 1. The van der Waals surface area contributed by atoms with Gasteiger partial charge < -0.3 is 11.1 Å². The minimum Gasteiger partial charge on any atom is -0.324 e. The molecule has 0 saturated heterocycles. The molecular formula is C19H22ClN7OS. The van der Waals surface area contributed by atoms with E-state index in [1.54, 1.807) is 0 Å². The molecule has 152 valence electrons. The van der Waals surface area contributed by atoms with E-state index in [-0.39, 0.29) is 18.3 Å². The van der Waals surface area contributed by atoms with Crippen LogP contribution in [0.4, 0.5) is 5.69 Å². The maximum absolute atomic E-state index is 12.7. The number of H-pyrrole nitrogens is 1. The Bertz CT molecular complexity index is 1140. The van der Waals surface area contributed by atoms with Crippen LogP contribution in [0.15, 0.2) is 30.3 Å². The fraction of sp³-hybridized carbons (Fsp3) is 0.263. The summed E-state index contributed by atoms with van der Waals surface area (Å²) in [5.74, 6) is 1.38. The molecule has 1 aromatic carbocycles. The lowest BCUT2D eigenvalue weighted by Crippen LogP contribution is -2.10. The second-order valence-electron chi connectivity index (χ2n) is 6.83. The summed E-state index contributed by atoms with van der Waals surface area (Å²) in [6.07, 6.45) is 0. The number of halogens is 1. The van der Waals surface area contributed by atoms with Crippen molar-refractivity contribution >= 4 is 45.6 Å². The van der Waals surface area contributed by atoms with Crippen LogP contribution in [0.1, 0.15) is 41.0 Å². The minimum atomic E-state index is -0.132. The molecule has 0 unspecified atom stereocenters. The average Bonchev–Trinajstić information content (AvgIpc) is 3.38. The molecule has 4 N–H and O–H groups in total. The van der Waals surface area contributed by atoms with Crippen LogP contribution in [-0.4, -0.2) is 30.9 Å². The summed E-state index contributed by atoms with van der Waals surface area (Å²) >= 11 is 1.45. The first-order chi connectivity index (χ1) is 13.5. The summed E-state index contributed by atoms with van der Waals surface area (Å²) in [5.41, 5.74) is 8.12. The molecule has 0 spiro atoms. The fourth-order valence-corrected chi connectivity index (χ4v) is 3.99. The molecule has 4 rings (SSSR count). The third-order valence-electron chi connectivity index (χ3n) is 4.44. The second kappa shape index (κ2) is 8.32. The zero-order chi connectivity index (χ0) is 19.8. The largest absolute Gasteiger partial charge is 0.324 e. The molecular weight excluding hydrogens is 410 g/mol. The Morgan fingerprint density at radius 2 is 2.03 bits per heavy atom. The molecule has 4 aromatic rings. The Morgan fingerprint density at radius 3 is 2.66 bits per heavy atom. The molecule has 0 atom stereocenters. The predicted molar refractivity (Wildman–Crippen MR) is 118 cm³/mol. The van der Waals surface area contributed by atoms with Crippen LogP contribution in [0.3, 0.4) is 0 Å². The number of nitrogens with zero attached hydrogens (tertiary/aromatic N) is 4. The number of aromatic amines is 1. The number of hydrogen-bond acceptors (Lipinski definition) is 6. The van der Waals surface area contributed by atoms with Crippen molar-refractivity contribution in [2.45, 2.75) is 26.3 Å². The number of amides is 1. The van der Waals surface area contributed by atoms with E-state index in [0.717, 1.165) is 21.5 Å². The van der Waals surface area contributed by atoms with Crippen LogP contribution in [0.25, 0.3) is 21.6 Å². The summed E-state index contributed by atoms with van der Waals surface area (Å²) in [7, 11) is 1.91. The zero-order valence-corrected chi connectivity index (χ0v) is 17.9. The van der Waals surface area contributed by atoms with E-state index >= 15 is 0 Å². The maximum atomic E-state index is 12.7. The van der Waals surface area contributed by atoms with Gasteiger partial charge in [0.25, 0.3) is 5.91 Å². The second-order valence-corrected chi connectivity index (χ2v) is 7.86. The number of benzene rings is 1. The molecule has 3 heterocycles. The molecule has 0 aliphatic rings. The molecule has 0 saturated carbocycles. The smallest absolute Gasteiger partial charge is 0.265 e. The van der Waals surface area contributed by atoms with E-state index in [1.165, 1.54) is 11.3 Å². The van der Waals surface area contributed by atoms with Gasteiger partial charge in [-0.2, -0.15) is 10.2 Å². The summed E-state index contributed by atoms with van der Waals surface area (Å²) < 4.78 is 1.84. The van der Waals surface area contributed by atoms with Crippen molar-refractivity contribution in [1.29, 1.82) is 0 Å². The van der Waals surface area contributed by atoms with Gasteiger partial charge in [0.1, 0.15) is 10.7 Å². The molecule has 29 heavy (non-hydrogen) atoms. The van der Waals surface area contributed by atoms with Crippen LogP contribution >= 0.6 is 23.7 Å². The van der Waals surface area contributed by atoms with Crippen LogP contribution in [0.2, 0.25) is 0 Å². The fourth-order valence-electron chi connectivity index (χ4n) is 3.02. The quantitative estimate of drug-likeness (QED) is 0.446. The number of carbonyl (C=O) groups is 1. The number of thiophene rings is 1. The topological polar surface area (TPSA) is 115 Å². The highest BCUT2D eigenvalue weighted by Gasteiger charge is 2.18. The number of fused-ring (bicyclic) bond motifs is 1. The molecule has 0 fully saturated rings. The lowest BCUT2D eigenvalue weighted by Gasteiger charge is -2.04. The van der Waals surface area contributed by atoms with Crippen molar-refractivity contribution in [2.75, 3.05) is 5.32 Å². The lowest BCUT2D eigenvalue weighted by atomic mass is 10.1. The van der Waals surface area contributed by atoms with Crippen molar-refractivity contribution in [3.05, 3.63) is 46.7 Å². The summed E-state index contributed by atoms with van der Waals surface area (Å²) in [4.78, 5) is 18.7. The minimum absolute atomic E-state index is 0. The first kappa shape index (κ1) is 21.0. The summed E-state index contributed by atoms with van der Waals surface area (Å²) in [6.45, 7) is 4.52. The summed E-state index contributed by atoms with van der Waals surface area (Å²) in [5, 5.41) is 15.5.